The lowest BCUT2D eigenvalue weighted by atomic mass is 9.86. The van der Waals surface area contributed by atoms with Crippen LogP contribution in [0, 0.1) is 0 Å². The average molecular weight is 444 g/mol. The van der Waals surface area contributed by atoms with Crippen LogP contribution in [0.2, 0.25) is 0 Å². The van der Waals surface area contributed by atoms with E-state index in [9.17, 15) is 9.59 Å². The monoisotopic (exact) mass is 443 g/mol. The summed E-state index contributed by atoms with van der Waals surface area (Å²) in [6.07, 6.45) is 5.96. The molecule has 0 radical (unpaired) electrons. The molecule has 3 aromatic heterocycles. The van der Waals surface area contributed by atoms with Crippen LogP contribution in [0.25, 0.3) is 17.1 Å². The molecule has 168 valence electrons. The third kappa shape index (κ3) is 4.84. The minimum atomic E-state index is -0.134. The van der Waals surface area contributed by atoms with Crippen molar-refractivity contribution in [1.29, 1.82) is 0 Å². The molecule has 3 heterocycles. The van der Waals surface area contributed by atoms with Crippen molar-refractivity contribution in [2.45, 2.75) is 50.5 Å². The van der Waals surface area contributed by atoms with Crippen molar-refractivity contribution in [3.05, 3.63) is 82.7 Å². The molecule has 8 heteroatoms. The number of aryl methyl sites for hydroxylation is 1. The normalized spacial score (nSPS) is 18.3. The summed E-state index contributed by atoms with van der Waals surface area (Å²) in [5.74, 6) is 1.42. The Morgan fingerprint density at radius 2 is 1.82 bits per heavy atom. The van der Waals surface area contributed by atoms with E-state index in [1.807, 2.05) is 36.4 Å². The standard InChI is InChI=1S/C25H25N5O3/c31-22(14-13-20-16-23(32)30-15-5-4-8-21(30)26-20)27-19-11-9-18(10-12-19)25-29-28-24(33-25)17-6-2-1-3-7-17/h1-8,15-16,18-19H,9-14H2,(H,27,31)/t18-,19-. The summed E-state index contributed by atoms with van der Waals surface area (Å²) in [6, 6.07) is 16.8. The van der Waals surface area contributed by atoms with Crippen molar-refractivity contribution in [3.8, 4) is 11.5 Å². The first kappa shape index (κ1) is 21.1. The fourth-order valence-corrected chi connectivity index (χ4v) is 4.35. The third-order valence-corrected chi connectivity index (χ3v) is 6.14. The van der Waals surface area contributed by atoms with Gasteiger partial charge in [-0.3, -0.25) is 14.0 Å². The van der Waals surface area contributed by atoms with Gasteiger partial charge in [-0.1, -0.05) is 24.3 Å². The van der Waals surface area contributed by atoms with Crippen molar-refractivity contribution in [1.82, 2.24) is 24.9 Å². The zero-order valence-corrected chi connectivity index (χ0v) is 18.2. The minimum absolute atomic E-state index is 0.0161. The molecule has 1 fully saturated rings. The maximum atomic E-state index is 12.5. The van der Waals surface area contributed by atoms with E-state index in [0.29, 0.717) is 36.0 Å². The van der Waals surface area contributed by atoms with Gasteiger partial charge in [0.05, 0.1) is 0 Å². The molecule has 8 nitrogen and oxygen atoms in total. The Kier molecular flexibility index (Phi) is 5.97. The van der Waals surface area contributed by atoms with Gasteiger partial charge in [0.25, 0.3) is 5.56 Å². The van der Waals surface area contributed by atoms with E-state index < -0.39 is 0 Å². The first-order valence-corrected chi connectivity index (χ1v) is 11.3. The fourth-order valence-electron chi connectivity index (χ4n) is 4.35. The molecule has 0 unspecified atom stereocenters. The van der Waals surface area contributed by atoms with Crippen LogP contribution in [-0.2, 0) is 11.2 Å². The van der Waals surface area contributed by atoms with Crippen LogP contribution in [0.3, 0.4) is 0 Å². The Morgan fingerprint density at radius 1 is 1.03 bits per heavy atom. The Morgan fingerprint density at radius 3 is 2.64 bits per heavy atom. The molecule has 0 bridgehead atoms. The number of pyridine rings is 1. The SMILES string of the molecule is O=C(CCc1cc(=O)n2ccccc2n1)N[C@H]1CC[C@H](c2nnc(-c3ccccc3)o2)CC1. The summed E-state index contributed by atoms with van der Waals surface area (Å²) >= 11 is 0. The van der Waals surface area contributed by atoms with Gasteiger partial charge in [0.15, 0.2) is 0 Å². The van der Waals surface area contributed by atoms with E-state index in [-0.39, 0.29) is 23.4 Å². The van der Waals surface area contributed by atoms with Crippen molar-refractivity contribution < 1.29 is 9.21 Å². The molecular formula is C25H25N5O3. The molecule has 33 heavy (non-hydrogen) atoms. The highest BCUT2D eigenvalue weighted by Gasteiger charge is 2.27. The van der Waals surface area contributed by atoms with Crippen LogP contribution in [0.1, 0.15) is 49.6 Å². The predicted molar refractivity (Wildman–Crippen MR) is 123 cm³/mol. The van der Waals surface area contributed by atoms with E-state index in [2.05, 4.69) is 20.5 Å². The summed E-state index contributed by atoms with van der Waals surface area (Å²) in [5.41, 5.74) is 2.01. The quantitative estimate of drug-likeness (QED) is 0.489. The van der Waals surface area contributed by atoms with E-state index in [1.165, 1.54) is 10.5 Å². The number of carbonyl (C=O) groups excluding carboxylic acids is 1. The van der Waals surface area contributed by atoms with Crippen molar-refractivity contribution in [3.63, 3.8) is 0 Å². The molecule has 0 spiro atoms. The maximum Gasteiger partial charge on any atom is 0.258 e. The number of rotatable bonds is 6. The maximum absolute atomic E-state index is 12.5. The first-order chi connectivity index (χ1) is 16.2. The Balaban J connectivity index is 1.11. The molecule has 0 atom stereocenters. The van der Waals surface area contributed by atoms with E-state index in [4.69, 9.17) is 4.42 Å². The third-order valence-electron chi connectivity index (χ3n) is 6.14. The van der Waals surface area contributed by atoms with E-state index in [0.717, 1.165) is 31.2 Å². The number of carbonyl (C=O) groups is 1. The minimum Gasteiger partial charge on any atom is -0.420 e. The summed E-state index contributed by atoms with van der Waals surface area (Å²) in [4.78, 5) is 29.2. The highest BCUT2D eigenvalue weighted by Crippen LogP contribution is 2.33. The van der Waals surface area contributed by atoms with Crippen LogP contribution >= 0.6 is 0 Å². The second-order valence-corrected chi connectivity index (χ2v) is 8.44. The zero-order chi connectivity index (χ0) is 22.6. The Bertz CT molecular complexity index is 1310. The molecule has 1 N–H and O–H groups in total. The lowest BCUT2D eigenvalue weighted by Crippen LogP contribution is -2.37. The van der Waals surface area contributed by atoms with Crippen molar-refractivity contribution in [2.24, 2.45) is 0 Å². The van der Waals surface area contributed by atoms with Gasteiger partial charge < -0.3 is 9.73 Å². The summed E-state index contributed by atoms with van der Waals surface area (Å²) in [7, 11) is 0. The molecule has 4 aromatic rings. The van der Waals surface area contributed by atoms with Gasteiger partial charge in [-0.2, -0.15) is 0 Å². The molecule has 1 aromatic carbocycles. The lowest BCUT2D eigenvalue weighted by molar-refractivity contribution is -0.122. The van der Waals surface area contributed by atoms with Crippen LogP contribution in [-0.4, -0.2) is 31.5 Å². The van der Waals surface area contributed by atoms with Crippen LogP contribution in [0.4, 0.5) is 0 Å². The molecule has 1 aliphatic carbocycles. The smallest absolute Gasteiger partial charge is 0.258 e. The molecule has 0 aliphatic heterocycles. The highest BCUT2D eigenvalue weighted by atomic mass is 16.4. The number of benzene rings is 1. The fraction of sp³-hybridized carbons (Fsp3) is 0.320. The lowest BCUT2D eigenvalue weighted by Gasteiger charge is -2.27. The van der Waals surface area contributed by atoms with Crippen LogP contribution in [0.15, 0.2) is 70.0 Å². The van der Waals surface area contributed by atoms with Gasteiger partial charge in [-0.05, 0) is 56.4 Å². The zero-order valence-electron chi connectivity index (χ0n) is 18.2. The first-order valence-electron chi connectivity index (χ1n) is 11.3. The topological polar surface area (TPSA) is 102 Å². The van der Waals surface area contributed by atoms with Crippen LogP contribution < -0.4 is 10.9 Å². The summed E-state index contributed by atoms with van der Waals surface area (Å²) < 4.78 is 7.40. The number of amides is 1. The second-order valence-electron chi connectivity index (χ2n) is 8.44. The van der Waals surface area contributed by atoms with Gasteiger partial charge in [0, 0.05) is 41.9 Å². The van der Waals surface area contributed by atoms with Gasteiger partial charge in [0.1, 0.15) is 5.65 Å². The number of hydrogen-bond acceptors (Lipinski definition) is 6. The summed E-state index contributed by atoms with van der Waals surface area (Å²) in [5, 5.41) is 11.6. The van der Waals surface area contributed by atoms with E-state index >= 15 is 0 Å². The number of nitrogens with zero attached hydrogens (tertiary/aromatic N) is 4. The predicted octanol–water partition coefficient (Wildman–Crippen LogP) is 3.52. The van der Waals surface area contributed by atoms with Crippen molar-refractivity contribution in [2.75, 3.05) is 0 Å². The molecule has 1 saturated carbocycles. The summed E-state index contributed by atoms with van der Waals surface area (Å²) in [6.45, 7) is 0. The Labute approximate surface area is 190 Å². The second kappa shape index (κ2) is 9.36. The van der Waals surface area contributed by atoms with Crippen molar-refractivity contribution >= 4 is 11.6 Å². The van der Waals surface area contributed by atoms with Gasteiger partial charge in [-0.25, -0.2) is 4.98 Å². The average Bonchev–Trinajstić information content (AvgIpc) is 3.34. The number of aromatic nitrogens is 4. The number of hydrogen-bond donors (Lipinski definition) is 1. The van der Waals surface area contributed by atoms with Gasteiger partial charge in [-0.15, -0.1) is 10.2 Å². The molecule has 1 amide bonds. The van der Waals surface area contributed by atoms with Gasteiger partial charge in [0.2, 0.25) is 17.7 Å². The number of fused-ring (bicyclic) bond motifs is 1. The van der Waals surface area contributed by atoms with Crippen LogP contribution in [0.5, 0.6) is 0 Å². The van der Waals surface area contributed by atoms with Gasteiger partial charge >= 0.3 is 0 Å². The molecule has 1 aliphatic rings. The molecule has 0 saturated heterocycles. The largest absolute Gasteiger partial charge is 0.420 e. The number of nitrogens with one attached hydrogen (secondary N) is 1. The van der Waals surface area contributed by atoms with E-state index in [1.54, 1.807) is 18.3 Å². The highest BCUT2D eigenvalue weighted by molar-refractivity contribution is 5.76. The molecule has 5 rings (SSSR count). The Hall–Kier alpha value is -3.81. The molecular weight excluding hydrogens is 418 g/mol.